The number of anilines is 1. The Kier molecular flexibility index (Phi) is 6.61. The maximum absolute atomic E-state index is 12.4. The molecule has 7 nitrogen and oxygen atoms in total. The lowest BCUT2D eigenvalue weighted by atomic mass is 10.2. The molecule has 8 heteroatoms. The van der Waals surface area contributed by atoms with Gasteiger partial charge in [0.05, 0.1) is 11.4 Å². The number of nitrogens with one attached hydrogen (secondary N) is 2. The van der Waals surface area contributed by atoms with Gasteiger partial charge in [0, 0.05) is 23.7 Å². The van der Waals surface area contributed by atoms with Crippen molar-refractivity contribution in [3.05, 3.63) is 70.5 Å². The summed E-state index contributed by atoms with van der Waals surface area (Å²) in [5.41, 5.74) is 3.61. The van der Waals surface area contributed by atoms with Crippen LogP contribution in [0, 0.1) is 13.8 Å². The van der Waals surface area contributed by atoms with E-state index in [1.54, 1.807) is 35.9 Å². The van der Waals surface area contributed by atoms with Gasteiger partial charge >= 0.3 is 0 Å². The molecule has 2 N–H and O–H groups in total. The third-order valence-corrected chi connectivity index (χ3v) is 4.63. The Morgan fingerprint density at radius 3 is 2.41 bits per heavy atom. The lowest BCUT2D eigenvalue weighted by Gasteiger charge is -2.07. The Hall–Kier alpha value is -3.19. The number of carbonyl (C=O) groups is 2. The van der Waals surface area contributed by atoms with E-state index in [0.29, 0.717) is 29.4 Å². The quantitative estimate of drug-likeness (QED) is 0.580. The van der Waals surface area contributed by atoms with Gasteiger partial charge in [0.2, 0.25) is 5.91 Å². The number of benzene rings is 2. The minimum Gasteiger partial charge on any atom is -0.351 e. The van der Waals surface area contributed by atoms with E-state index in [1.165, 1.54) is 0 Å². The van der Waals surface area contributed by atoms with Gasteiger partial charge in [0.1, 0.15) is 0 Å². The fraction of sp³-hybridized carbons (Fsp3) is 0.238. The standard InChI is InChI=1S/C21H22ClN5O2/c1-14-5-11-18(12-6-14)27-15(2)20(25-26-27)21(29)23-13-3-4-19(28)24-17-9-7-16(22)8-10-17/h5-12H,3-4,13H2,1-2H3,(H,23,29)(H,24,28). The summed E-state index contributed by atoms with van der Waals surface area (Å²) in [6, 6.07) is 14.7. The second kappa shape index (κ2) is 9.34. The molecule has 2 aromatic carbocycles. The smallest absolute Gasteiger partial charge is 0.273 e. The van der Waals surface area contributed by atoms with Crippen molar-refractivity contribution in [1.82, 2.24) is 20.3 Å². The van der Waals surface area contributed by atoms with E-state index >= 15 is 0 Å². The highest BCUT2D eigenvalue weighted by molar-refractivity contribution is 6.30. The zero-order valence-corrected chi connectivity index (χ0v) is 17.0. The van der Waals surface area contributed by atoms with E-state index in [0.717, 1.165) is 11.3 Å². The van der Waals surface area contributed by atoms with Crippen molar-refractivity contribution in [3.63, 3.8) is 0 Å². The Bertz CT molecular complexity index is 997. The van der Waals surface area contributed by atoms with E-state index in [9.17, 15) is 9.59 Å². The number of carbonyl (C=O) groups excluding carboxylic acids is 2. The average molecular weight is 412 g/mol. The van der Waals surface area contributed by atoms with Crippen molar-refractivity contribution in [1.29, 1.82) is 0 Å². The molecule has 0 aliphatic heterocycles. The lowest BCUT2D eigenvalue weighted by molar-refractivity contribution is -0.116. The summed E-state index contributed by atoms with van der Waals surface area (Å²) in [5, 5.41) is 14.3. The van der Waals surface area contributed by atoms with Crippen molar-refractivity contribution in [2.24, 2.45) is 0 Å². The van der Waals surface area contributed by atoms with Crippen LogP contribution in [-0.2, 0) is 4.79 Å². The predicted octanol–water partition coefficient (Wildman–Crippen LogP) is 3.69. The summed E-state index contributed by atoms with van der Waals surface area (Å²) in [7, 11) is 0. The lowest BCUT2D eigenvalue weighted by Crippen LogP contribution is -2.26. The Labute approximate surface area is 174 Å². The summed E-state index contributed by atoms with van der Waals surface area (Å²) >= 11 is 5.82. The first-order valence-electron chi connectivity index (χ1n) is 9.27. The van der Waals surface area contributed by atoms with E-state index in [-0.39, 0.29) is 23.9 Å². The van der Waals surface area contributed by atoms with E-state index in [1.807, 2.05) is 31.2 Å². The van der Waals surface area contributed by atoms with Gasteiger partial charge in [0.25, 0.3) is 5.91 Å². The molecule has 0 bridgehead atoms. The fourth-order valence-corrected chi connectivity index (χ4v) is 2.89. The van der Waals surface area contributed by atoms with Crippen LogP contribution in [0.4, 0.5) is 5.69 Å². The van der Waals surface area contributed by atoms with Gasteiger partial charge in [-0.3, -0.25) is 9.59 Å². The van der Waals surface area contributed by atoms with Crippen LogP contribution in [0.1, 0.15) is 34.6 Å². The molecule has 29 heavy (non-hydrogen) atoms. The topological polar surface area (TPSA) is 88.9 Å². The molecule has 1 aromatic heterocycles. The highest BCUT2D eigenvalue weighted by Crippen LogP contribution is 2.14. The summed E-state index contributed by atoms with van der Waals surface area (Å²) in [5.74, 6) is -0.429. The first-order valence-corrected chi connectivity index (χ1v) is 9.65. The Morgan fingerprint density at radius 1 is 1.03 bits per heavy atom. The maximum atomic E-state index is 12.4. The number of hydrogen-bond donors (Lipinski definition) is 2. The Balaban J connectivity index is 1.48. The third-order valence-electron chi connectivity index (χ3n) is 4.38. The van der Waals surface area contributed by atoms with E-state index < -0.39 is 0 Å². The molecule has 3 rings (SSSR count). The van der Waals surface area contributed by atoms with Crippen LogP contribution in [0.3, 0.4) is 0 Å². The second-order valence-electron chi connectivity index (χ2n) is 6.69. The molecule has 0 unspecified atom stereocenters. The molecule has 3 aromatic rings. The maximum Gasteiger partial charge on any atom is 0.273 e. The van der Waals surface area contributed by atoms with Gasteiger partial charge in [-0.1, -0.05) is 34.5 Å². The molecule has 0 spiro atoms. The number of hydrogen-bond acceptors (Lipinski definition) is 4. The summed E-state index contributed by atoms with van der Waals surface area (Å²) in [4.78, 5) is 24.4. The van der Waals surface area contributed by atoms with Crippen molar-refractivity contribution in [3.8, 4) is 5.69 Å². The number of nitrogens with zero attached hydrogens (tertiary/aromatic N) is 3. The van der Waals surface area contributed by atoms with Gasteiger partial charge in [-0.15, -0.1) is 5.10 Å². The monoisotopic (exact) mass is 411 g/mol. The molecule has 0 aliphatic rings. The number of aromatic nitrogens is 3. The molecular weight excluding hydrogens is 390 g/mol. The molecule has 150 valence electrons. The van der Waals surface area contributed by atoms with Gasteiger partial charge in [-0.25, -0.2) is 4.68 Å². The predicted molar refractivity (Wildman–Crippen MR) is 112 cm³/mol. The van der Waals surface area contributed by atoms with Crippen LogP contribution in [0.2, 0.25) is 5.02 Å². The van der Waals surface area contributed by atoms with Crippen LogP contribution in [0.15, 0.2) is 48.5 Å². The third kappa shape index (κ3) is 5.42. The molecular formula is C21H22ClN5O2. The second-order valence-corrected chi connectivity index (χ2v) is 7.12. The first-order chi connectivity index (χ1) is 13.9. The first kappa shape index (κ1) is 20.5. The molecule has 0 atom stereocenters. The fourth-order valence-electron chi connectivity index (χ4n) is 2.76. The highest BCUT2D eigenvalue weighted by Gasteiger charge is 2.17. The largest absolute Gasteiger partial charge is 0.351 e. The van der Waals surface area contributed by atoms with E-state index in [2.05, 4.69) is 20.9 Å². The van der Waals surface area contributed by atoms with Gasteiger partial charge in [0.15, 0.2) is 5.69 Å². The molecule has 0 radical (unpaired) electrons. The Morgan fingerprint density at radius 2 is 1.72 bits per heavy atom. The van der Waals surface area contributed by atoms with Crippen molar-refractivity contribution < 1.29 is 9.59 Å². The van der Waals surface area contributed by atoms with Gasteiger partial charge in [-0.2, -0.15) is 0 Å². The van der Waals surface area contributed by atoms with Crippen LogP contribution in [0.5, 0.6) is 0 Å². The van der Waals surface area contributed by atoms with Crippen LogP contribution < -0.4 is 10.6 Å². The zero-order valence-electron chi connectivity index (χ0n) is 16.3. The van der Waals surface area contributed by atoms with Crippen molar-refractivity contribution in [2.45, 2.75) is 26.7 Å². The number of rotatable bonds is 7. The zero-order chi connectivity index (χ0) is 20.8. The minimum absolute atomic E-state index is 0.122. The summed E-state index contributed by atoms with van der Waals surface area (Å²) < 4.78 is 1.63. The van der Waals surface area contributed by atoms with Crippen LogP contribution in [-0.4, -0.2) is 33.4 Å². The van der Waals surface area contributed by atoms with E-state index in [4.69, 9.17) is 11.6 Å². The molecule has 0 aliphatic carbocycles. The normalized spacial score (nSPS) is 10.6. The van der Waals surface area contributed by atoms with Crippen molar-refractivity contribution >= 4 is 29.1 Å². The van der Waals surface area contributed by atoms with Gasteiger partial charge < -0.3 is 10.6 Å². The molecule has 0 saturated heterocycles. The molecule has 0 saturated carbocycles. The minimum atomic E-state index is -0.307. The molecule has 2 amide bonds. The summed E-state index contributed by atoms with van der Waals surface area (Å²) in [6.45, 7) is 4.17. The highest BCUT2D eigenvalue weighted by atomic mass is 35.5. The van der Waals surface area contributed by atoms with Crippen LogP contribution >= 0.6 is 11.6 Å². The summed E-state index contributed by atoms with van der Waals surface area (Å²) in [6.07, 6.45) is 0.800. The van der Waals surface area contributed by atoms with Crippen LogP contribution in [0.25, 0.3) is 5.69 Å². The molecule has 0 fully saturated rings. The number of halogens is 1. The number of amides is 2. The average Bonchev–Trinajstić information content (AvgIpc) is 3.09. The number of aryl methyl sites for hydroxylation is 1. The molecule has 1 heterocycles. The SMILES string of the molecule is Cc1ccc(-n2nnc(C(=O)NCCCC(=O)Nc3ccc(Cl)cc3)c2C)cc1. The van der Waals surface area contributed by atoms with Gasteiger partial charge in [-0.05, 0) is 56.7 Å². The van der Waals surface area contributed by atoms with Crippen molar-refractivity contribution in [2.75, 3.05) is 11.9 Å².